The van der Waals surface area contributed by atoms with E-state index in [1.165, 1.54) is 96.3 Å². The lowest BCUT2D eigenvalue weighted by Gasteiger charge is -2.18. The molecule has 0 aromatic carbocycles. The largest absolute Gasteiger partial charge is 0.480 e. The molecule has 0 rings (SSSR count). The molecule has 1 amide bonds. The Morgan fingerprint density at radius 3 is 1.39 bits per heavy atom. The molecule has 0 saturated heterocycles. The van der Waals surface area contributed by atoms with Gasteiger partial charge in [-0.25, -0.2) is 9.36 Å². The molecule has 0 spiro atoms. The van der Waals surface area contributed by atoms with Gasteiger partial charge in [-0.05, 0) is 77.0 Å². The van der Waals surface area contributed by atoms with Crippen LogP contribution in [0.2, 0.25) is 0 Å². The molecule has 0 aliphatic heterocycles. The van der Waals surface area contributed by atoms with Crippen LogP contribution in [0.1, 0.15) is 194 Å². The van der Waals surface area contributed by atoms with E-state index >= 15 is 0 Å². The van der Waals surface area contributed by atoms with Gasteiger partial charge in [-0.2, -0.15) is 0 Å². The first-order valence-corrected chi connectivity index (χ1v) is 26.1. The fraction of sp³-hybridized carbons (Fsp3) is 0.673. The number of carbonyl (C=O) groups is 3. The van der Waals surface area contributed by atoms with Crippen molar-refractivity contribution in [2.24, 2.45) is 0 Å². The number of nitrogens with one attached hydrogen (secondary N) is 1. The quantitative estimate of drug-likeness (QED) is 0.0200. The summed E-state index contributed by atoms with van der Waals surface area (Å²) in [4.78, 5) is 46.0. The van der Waals surface area contributed by atoms with Gasteiger partial charge in [0.15, 0.2) is 6.04 Å². The van der Waals surface area contributed by atoms with E-state index in [2.05, 4.69) is 86.0 Å². The minimum Gasteiger partial charge on any atom is -0.480 e. The van der Waals surface area contributed by atoms with E-state index in [9.17, 15) is 34.1 Å². The lowest BCUT2D eigenvalue weighted by Crippen LogP contribution is -2.43. The zero-order chi connectivity index (χ0) is 47.0. The second-order valence-electron chi connectivity index (χ2n) is 16.3. The Morgan fingerprint density at radius 2 is 0.922 bits per heavy atom. The number of ether oxygens (including phenoxy) is 1. The van der Waals surface area contributed by atoms with Crippen LogP contribution in [-0.2, 0) is 32.7 Å². The minimum absolute atomic E-state index is 0.0952. The van der Waals surface area contributed by atoms with Gasteiger partial charge in [-0.15, -0.1) is 0 Å². The van der Waals surface area contributed by atoms with Crippen LogP contribution in [0.5, 0.6) is 0 Å². The third-order valence-electron chi connectivity index (χ3n) is 10.2. The van der Waals surface area contributed by atoms with E-state index in [0.29, 0.717) is 12.8 Å². The summed E-state index contributed by atoms with van der Waals surface area (Å²) in [5.41, 5.74) is 0. The number of phosphoric acid groups is 1. The van der Waals surface area contributed by atoms with E-state index in [1.54, 1.807) is 0 Å². The molecule has 366 valence electrons. The van der Waals surface area contributed by atoms with E-state index in [1.807, 2.05) is 18.2 Å². The molecular formula is C52H88NO10P. The van der Waals surface area contributed by atoms with Crippen LogP contribution in [-0.4, -0.2) is 64.9 Å². The highest BCUT2D eigenvalue weighted by Crippen LogP contribution is 2.43. The number of aliphatic carboxylic acids is 1. The molecule has 3 atom stereocenters. The van der Waals surface area contributed by atoms with Crippen molar-refractivity contribution in [2.75, 3.05) is 19.8 Å². The Kier molecular flexibility index (Phi) is 43.8. The van der Waals surface area contributed by atoms with Crippen LogP contribution >= 0.6 is 7.82 Å². The molecule has 0 aromatic heterocycles. The molecule has 4 N–H and O–H groups in total. The summed E-state index contributed by atoms with van der Waals surface area (Å²) in [6, 6.07) is -1.56. The molecule has 11 nitrogen and oxygen atoms in total. The molecule has 0 aliphatic carbocycles. The molecule has 0 radical (unpaired) electrons. The van der Waals surface area contributed by atoms with Crippen molar-refractivity contribution in [3.8, 4) is 0 Å². The third kappa shape index (κ3) is 45.2. The zero-order valence-corrected chi connectivity index (χ0v) is 40.7. The summed E-state index contributed by atoms with van der Waals surface area (Å²) in [7, 11) is -4.78. The Labute approximate surface area is 388 Å². The smallest absolute Gasteiger partial charge is 0.472 e. The topological polar surface area (TPSA) is 169 Å². The van der Waals surface area contributed by atoms with Crippen molar-refractivity contribution in [3.63, 3.8) is 0 Å². The number of amides is 1. The molecule has 0 saturated carbocycles. The van der Waals surface area contributed by atoms with Crippen molar-refractivity contribution in [1.82, 2.24) is 5.32 Å². The van der Waals surface area contributed by atoms with Gasteiger partial charge >= 0.3 is 19.8 Å². The maximum atomic E-state index is 12.4. The summed E-state index contributed by atoms with van der Waals surface area (Å²) in [6.07, 6.45) is 57.6. The molecule has 64 heavy (non-hydrogen) atoms. The first-order valence-electron chi connectivity index (χ1n) is 24.6. The number of carboxylic acids is 1. The number of hydrogen-bond acceptors (Lipinski definition) is 8. The summed E-state index contributed by atoms with van der Waals surface area (Å²) < 4.78 is 26.8. The summed E-state index contributed by atoms with van der Waals surface area (Å²) >= 11 is 0. The van der Waals surface area contributed by atoms with Gasteiger partial charge < -0.3 is 25.2 Å². The first-order chi connectivity index (χ1) is 31.1. The average molecular weight is 918 g/mol. The Morgan fingerprint density at radius 1 is 0.516 bits per heavy atom. The normalized spacial score (nSPS) is 14.3. The lowest BCUT2D eigenvalue weighted by atomic mass is 10.0. The van der Waals surface area contributed by atoms with Gasteiger partial charge in [0.25, 0.3) is 0 Å². The molecule has 12 heteroatoms. The molecular weight excluding hydrogens is 830 g/mol. The van der Waals surface area contributed by atoms with Crippen LogP contribution in [0.25, 0.3) is 0 Å². The number of hydrogen-bond donors (Lipinski definition) is 4. The minimum atomic E-state index is -4.78. The predicted molar refractivity (Wildman–Crippen MR) is 263 cm³/mol. The summed E-state index contributed by atoms with van der Waals surface area (Å²) in [6.45, 7) is 2.41. The Balaban J connectivity index is 3.94. The molecule has 0 aliphatic rings. The van der Waals surface area contributed by atoms with Crippen LogP contribution in [0, 0.1) is 0 Å². The van der Waals surface area contributed by atoms with Gasteiger partial charge in [-0.3, -0.25) is 18.6 Å². The number of aliphatic hydroxyl groups is 1. The van der Waals surface area contributed by atoms with Crippen LogP contribution in [0.3, 0.4) is 0 Å². The number of rotatable bonds is 45. The van der Waals surface area contributed by atoms with Crippen LogP contribution in [0.15, 0.2) is 85.1 Å². The second kappa shape index (κ2) is 46.2. The Bertz CT molecular complexity index is 1400. The van der Waals surface area contributed by atoms with Crippen molar-refractivity contribution >= 4 is 25.7 Å². The molecule has 0 bridgehead atoms. The SMILES string of the molecule is CC/C=C\C/C=C\C/C=C\C/C=C\C/C=C\C/C=C\CCC(=O)OCC(O)COP(=O)(O)OCC(NC(=O)CCCCCCCCCCCCC/C=C/CCCCCCCC)C(=O)O. The van der Waals surface area contributed by atoms with Crippen molar-refractivity contribution < 1.29 is 47.8 Å². The predicted octanol–water partition coefficient (Wildman–Crippen LogP) is 13.4. The Hall–Kier alpha value is -3.34. The fourth-order valence-electron chi connectivity index (χ4n) is 6.39. The van der Waals surface area contributed by atoms with E-state index in [-0.39, 0.29) is 12.8 Å². The number of phosphoric ester groups is 1. The average Bonchev–Trinajstić information content (AvgIpc) is 3.27. The van der Waals surface area contributed by atoms with Crippen molar-refractivity contribution in [1.29, 1.82) is 0 Å². The lowest BCUT2D eigenvalue weighted by molar-refractivity contribution is -0.147. The third-order valence-corrected chi connectivity index (χ3v) is 11.1. The number of allylic oxidation sites excluding steroid dienone is 14. The van der Waals surface area contributed by atoms with Crippen molar-refractivity contribution in [2.45, 2.75) is 206 Å². The molecule has 0 fully saturated rings. The summed E-state index contributed by atoms with van der Waals surface area (Å²) in [5.74, 6) is -2.47. The van der Waals surface area contributed by atoms with Crippen LogP contribution < -0.4 is 5.32 Å². The van der Waals surface area contributed by atoms with E-state index in [4.69, 9.17) is 13.8 Å². The number of carbonyl (C=O) groups excluding carboxylic acids is 2. The first kappa shape index (κ1) is 60.7. The van der Waals surface area contributed by atoms with E-state index in [0.717, 1.165) is 57.8 Å². The second-order valence-corrected chi connectivity index (χ2v) is 17.7. The van der Waals surface area contributed by atoms with Gasteiger partial charge in [0.1, 0.15) is 12.7 Å². The highest BCUT2D eigenvalue weighted by Gasteiger charge is 2.28. The standard InChI is InChI=1S/C52H88NO10P/c1-3-5-7-9-11-13-15-17-19-21-23-24-26-27-29-31-33-35-37-39-41-43-50(55)53-49(52(57)58)47-63-64(59,60)62-46-48(54)45-61-51(56)44-42-40-38-36-34-32-30-28-25-22-20-18-16-14-12-10-8-6-4-2/h6,8,12,14,17-20,25,28,32,34,38,40,48-49,54H,3-5,7,9-11,13,15-16,21-24,26-27,29-31,33,35-37,39,41-47H2,1-2H3,(H,53,55)(H,57,58)(H,59,60)/b8-6-,14-12-,19-17+,20-18-,28-25-,34-32-,40-38-. The highest BCUT2D eigenvalue weighted by molar-refractivity contribution is 7.47. The van der Waals surface area contributed by atoms with Crippen LogP contribution in [0.4, 0.5) is 0 Å². The number of esters is 1. The van der Waals surface area contributed by atoms with Gasteiger partial charge in [0.2, 0.25) is 5.91 Å². The summed E-state index contributed by atoms with van der Waals surface area (Å²) in [5, 5.41) is 21.9. The van der Waals surface area contributed by atoms with Gasteiger partial charge in [-0.1, -0.05) is 189 Å². The number of aliphatic hydroxyl groups excluding tert-OH is 1. The number of unbranched alkanes of at least 4 members (excludes halogenated alkanes) is 17. The maximum Gasteiger partial charge on any atom is 0.472 e. The molecule has 0 heterocycles. The van der Waals surface area contributed by atoms with Gasteiger partial charge in [0, 0.05) is 12.8 Å². The highest BCUT2D eigenvalue weighted by atomic mass is 31.2. The molecule has 3 unspecified atom stereocenters. The van der Waals surface area contributed by atoms with Gasteiger partial charge in [0.05, 0.1) is 13.2 Å². The number of carboxylic acid groups (broad SMARTS) is 1. The zero-order valence-electron chi connectivity index (χ0n) is 39.8. The monoisotopic (exact) mass is 918 g/mol. The maximum absolute atomic E-state index is 12.4. The van der Waals surface area contributed by atoms with Crippen molar-refractivity contribution in [3.05, 3.63) is 85.1 Å². The van der Waals surface area contributed by atoms with E-state index < -0.39 is 57.6 Å². The fourth-order valence-corrected chi connectivity index (χ4v) is 7.17. The molecule has 0 aromatic rings.